The van der Waals surface area contributed by atoms with E-state index in [2.05, 4.69) is 24.3 Å². The SMILES string of the molecule is CCCn1nc(-c2ccccc2OC)cc1C(=O)NC(C)CC. The fraction of sp³-hybridized carbons (Fsp3) is 0.444. The van der Waals surface area contributed by atoms with Gasteiger partial charge in [0.25, 0.3) is 5.91 Å². The Labute approximate surface area is 137 Å². The third kappa shape index (κ3) is 3.92. The van der Waals surface area contributed by atoms with Gasteiger partial charge in [-0.3, -0.25) is 9.48 Å². The van der Waals surface area contributed by atoms with Crippen LogP contribution in [0.5, 0.6) is 5.75 Å². The van der Waals surface area contributed by atoms with Crippen LogP contribution in [0, 0.1) is 0 Å². The first-order chi connectivity index (χ1) is 11.1. The Morgan fingerprint density at radius 2 is 2.09 bits per heavy atom. The van der Waals surface area contributed by atoms with Gasteiger partial charge in [-0.2, -0.15) is 5.10 Å². The molecule has 1 heterocycles. The molecule has 0 saturated carbocycles. The molecule has 1 unspecified atom stereocenters. The van der Waals surface area contributed by atoms with E-state index >= 15 is 0 Å². The number of amides is 1. The lowest BCUT2D eigenvalue weighted by Gasteiger charge is -2.12. The van der Waals surface area contributed by atoms with E-state index in [1.54, 1.807) is 11.8 Å². The first kappa shape index (κ1) is 17.1. The molecule has 1 aromatic carbocycles. The van der Waals surface area contributed by atoms with Gasteiger partial charge in [-0.1, -0.05) is 26.0 Å². The number of benzene rings is 1. The summed E-state index contributed by atoms with van der Waals surface area (Å²) < 4.78 is 7.18. The molecule has 0 spiro atoms. The fourth-order valence-corrected chi connectivity index (χ4v) is 2.37. The van der Waals surface area contributed by atoms with Gasteiger partial charge in [0.05, 0.1) is 12.8 Å². The van der Waals surface area contributed by atoms with Crippen molar-refractivity contribution in [2.24, 2.45) is 0 Å². The number of nitrogens with zero attached hydrogens (tertiary/aromatic N) is 2. The lowest BCUT2D eigenvalue weighted by atomic mass is 10.1. The third-order valence-electron chi connectivity index (χ3n) is 3.82. The monoisotopic (exact) mass is 315 g/mol. The number of methoxy groups -OCH3 is 1. The van der Waals surface area contributed by atoms with Gasteiger partial charge >= 0.3 is 0 Å². The van der Waals surface area contributed by atoms with Gasteiger partial charge in [-0.25, -0.2) is 0 Å². The molecule has 0 aliphatic rings. The largest absolute Gasteiger partial charge is 0.496 e. The molecule has 0 fully saturated rings. The lowest BCUT2D eigenvalue weighted by molar-refractivity contribution is 0.0928. The Hall–Kier alpha value is -2.30. The number of ether oxygens (including phenoxy) is 1. The number of aryl methyl sites for hydroxylation is 1. The molecule has 2 aromatic rings. The van der Waals surface area contributed by atoms with Crippen LogP contribution in [0.1, 0.15) is 44.1 Å². The summed E-state index contributed by atoms with van der Waals surface area (Å²) in [6.07, 6.45) is 1.81. The van der Waals surface area contributed by atoms with Crippen LogP contribution in [0.2, 0.25) is 0 Å². The van der Waals surface area contributed by atoms with Crippen molar-refractivity contribution in [3.05, 3.63) is 36.0 Å². The molecule has 124 valence electrons. The average molecular weight is 315 g/mol. The average Bonchev–Trinajstić information content (AvgIpc) is 2.99. The standard InChI is InChI=1S/C18H25N3O2/c1-5-11-21-16(18(22)19-13(3)6-2)12-15(20-21)14-9-7-8-10-17(14)23-4/h7-10,12-13H,5-6,11H2,1-4H3,(H,19,22). The minimum Gasteiger partial charge on any atom is -0.496 e. The van der Waals surface area contributed by atoms with Crippen molar-refractivity contribution >= 4 is 5.91 Å². The third-order valence-corrected chi connectivity index (χ3v) is 3.82. The Kier molecular flexibility index (Phi) is 5.79. The molecule has 0 saturated heterocycles. The highest BCUT2D eigenvalue weighted by atomic mass is 16.5. The maximum Gasteiger partial charge on any atom is 0.269 e. The predicted molar refractivity (Wildman–Crippen MR) is 91.7 cm³/mol. The van der Waals surface area contributed by atoms with Crippen molar-refractivity contribution in [3.63, 3.8) is 0 Å². The van der Waals surface area contributed by atoms with Crippen molar-refractivity contribution in [1.29, 1.82) is 0 Å². The Morgan fingerprint density at radius 3 is 2.74 bits per heavy atom. The van der Waals surface area contributed by atoms with Gasteiger partial charge in [-0.15, -0.1) is 0 Å². The number of hydrogen-bond acceptors (Lipinski definition) is 3. The Balaban J connectivity index is 2.40. The van der Waals surface area contributed by atoms with E-state index in [9.17, 15) is 4.79 Å². The van der Waals surface area contributed by atoms with E-state index in [1.807, 2.05) is 37.3 Å². The topological polar surface area (TPSA) is 56.2 Å². The molecular formula is C18H25N3O2. The second-order valence-corrected chi connectivity index (χ2v) is 5.62. The number of para-hydroxylation sites is 1. The van der Waals surface area contributed by atoms with Crippen LogP contribution >= 0.6 is 0 Å². The van der Waals surface area contributed by atoms with Gasteiger partial charge in [0.15, 0.2) is 0 Å². The summed E-state index contributed by atoms with van der Waals surface area (Å²) in [4.78, 5) is 12.5. The summed E-state index contributed by atoms with van der Waals surface area (Å²) in [6.45, 7) is 6.83. The number of nitrogens with one attached hydrogen (secondary N) is 1. The molecule has 2 rings (SSSR count). The zero-order valence-corrected chi connectivity index (χ0v) is 14.3. The highest BCUT2D eigenvalue weighted by molar-refractivity contribution is 5.94. The second-order valence-electron chi connectivity index (χ2n) is 5.62. The summed E-state index contributed by atoms with van der Waals surface area (Å²) in [5.74, 6) is 0.670. The molecule has 23 heavy (non-hydrogen) atoms. The molecule has 0 radical (unpaired) electrons. The lowest BCUT2D eigenvalue weighted by Crippen LogP contribution is -2.33. The van der Waals surface area contributed by atoms with E-state index in [1.165, 1.54) is 0 Å². The van der Waals surface area contributed by atoms with E-state index in [-0.39, 0.29) is 11.9 Å². The van der Waals surface area contributed by atoms with E-state index in [0.717, 1.165) is 29.8 Å². The van der Waals surface area contributed by atoms with Crippen molar-refractivity contribution in [2.75, 3.05) is 7.11 Å². The van der Waals surface area contributed by atoms with Gasteiger partial charge in [0, 0.05) is 18.2 Å². The zero-order chi connectivity index (χ0) is 16.8. The van der Waals surface area contributed by atoms with Crippen LogP contribution in [0.3, 0.4) is 0 Å². The van der Waals surface area contributed by atoms with Crippen molar-refractivity contribution in [3.8, 4) is 17.0 Å². The second kappa shape index (κ2) is 7.81. The molecule has 1 amide bonds. The molecule has 0 aliphatic carbocycles. The zero-order valence-electron chi connectivity index (χ0n) is 14.3. The Morgan fingerprint density at radius 1 is 1.35 bits per heavy atom. The first-order valence-corrected chi connectivity index (χ1v) is 8.12. The number of carbonyl (C=O) groups excluding carboxylic acids is 1. The summed E-state index contributed by atoms with van der Waals surface area (Å²) in [7, 11) is 1.64. The molecule has 1 N–H and O–H groups in total. The van der Waals surface area contributed by atoms with Crippen LogP contribution < -0.4 is 10.1 Å². The molecule has 5 heteroatoms. The molecule has 1 aromatic heterocycles. The summed E-state index contributed by atoms with van der Waals surface area (Å²) >= 11 is 0. The van der Waals surface area contributed by atoms with Crippen molar-refractivity contribution < 1.29 is 9.53 Å². The highest BCUT2D eigenvalue weighted by Gasteiger charge is 2.18. The molecule has 5 nitrogen and oxygen atoms in total. The van der Waals surface area contributed by atoms with Gasteiger partial charge in [0.2, 0.25) is 0 Å². The minimum atomic E-state index is -0.0820. The first-order valence-electron chi connectivity index (χ1n) is 8.12. The predicted octanol–water partition coefficient (Wildman–Crippen LogP) is 3.50. The number of carbonyl (C=O) groups is 1. The molecular weight excluding hydrogens is 290 g/mol. The van der Waals surface area contributed by atoms with Crippen molar-refractivity contribution in [2.45, 2.75) is 46.2 Å². The van der Waals surface area contributed by atoms with Gasteiger partial charge in [0.1, 0.15) is 11.4 Å². The van der Waals surface area contributed by atoms with E-state index in [0.29, 0.717) is 12.2 Å². The number of aromatic nitrogens is 2. The fourth-order valence-electron chi connectivity index (χ4n) is 2.37. The summed E-state index contributed by atoms with van der Waals surface area (Å²) in [5, 5.41) is 7.62. The van der Waals surface area contributed by atoms with Gasteiger partial charge < -0.3 is 10.1 Å². The maximum atomic E-state index is 12.5. The number of hydrogen-bond donors (Lipinski definition) is 1. The van der Waals surface area contributed by atoms with Gasteiger partial charge in [-0.05, 0) is 38.0 Å². The van der Waals surface area contributed by atoms with Crippen molar-refractivity contribution in [1.82, 2.24) is 15.1 Å². The maximum absolute atomic E-state index is 12.5. The minimum absolute atomic E-state index is 0.0820. The van der Waals surface area contributed by atoms with E-state index in [4.69, 9.17) is 4.74 Å². The normalized spacial score (nSPS) is 12.0. The molecule has 1 atom stereocenters. The van der Waals surface area contributed by atoms with Crippen LogP contribution in [0.4, 0.5) is 0 Å². The van der Waals surface area contributed by atoms with Crippen LogP contribution in [0.25, 0.3) is 11.3 Å². The van der Waals surface area contributed by atoms with Crippen LogP contribution in [-0.2, 0) is 6.54 Å². The van der Waals surface area contributed by atoms with E-state index < -0.39 is 0 Å². The smallest absolute Gasteiger partial charge is 0.269 e. The van der Waals surface area contributed by atoms with Crippen LogP contribution in [0.15, 0.2) is 30.3 Å². The highest BCUT2D eigenvalue weighted by Crippen LogP contribution is 2.29. The Bertz CT molecular complexity index is 664. The number of rotatable bonds is 7. The quantitative estimate of drug-likeness (QED) is 0.851. The summed E-state index contributed by atoms with van der Waals surface area (Å²) in [6, 6.07) is 9.69. The van der Waals surface area contributed by atoms with Crippen LogP contribution in [-0.4, -0.2) is 28.8 Å². The summed E-state index contributed by atoms with van der Waals surface area (Å²) in [5.41, 5.74) is 2.24. The molecule has 0 bridgehead atoms. The molecule has 0 aliphatic heterocycles.